The van der Waals surface area contributed by atoms with Crippen LogP contribution in [-0.4, -0.2) is 4.98 Å². The number of aromatic amines is 1. The molecule has 0 unspecified atom stereocenters. The second kappa shape index (κ2) is 11.4. The Bertz CT molecular complexity index is 178. The molecule has 0 bridgehead atoms. The minimum Gasteiger partial charge on any atom is -1.00 e. The van der Waals surface area contributed by atoms with E-state index in [0.29, 0.717) is 0 Å². The van der Waals surface area contributed by atoms with Crippen LogP contribution in [0.2, 0.25) is 0 Å². The summed E-state index contributed by atoms with van der Waals surface area (Å²) in [5, 5.41) is 0. The van der Waals surface area contributed by atoms with Crippen molar-refractivity contribution >= 4 is 37.2 Å². The molecule has 12 heavy (non-hydrogen) atoms. The third-order valence-corrected chi connectivity index (χ3v) is 1.31. The number of nitrogens with zero attached hydrogens (tertiary/aromatic N) is 1. The van der Waals surface area contributed by atoms with E-state index in [4.69, 9.17) is 0 Å². The summed E-state index contributed by atoms with van der Waals surface area (Å²) in [6.07, 6.45) is 5.03. The van der Waals surface area contributed by atoms with Crippen molar-refractivity contribution < 1.29 is 17.0 Å². The van der Waals surface area contributed by atoms with Crippen LogP contribution in [-0.2, 0) is 13.5 Å². The molecule has 0 saturated heterocycles. The van der Waals surface area contributed by atoms with Crippen LogP contribution >= 0.6 is 37.2 Å². The van der Waals surface area contributed by atoms with Gasteiger partial charge in [0.15, 0.2) is 0 Å². The summed E-state index contributed by atoms with van der Waals surface area (Å²) >= 11 is 0. The van der Waals surface area contributed by atoms with E-state index < -0.39 is 0 Å². The molecule has 0 aliphatic carbocycles. The predicted octanol–water partition coefficient (Wildman–Crippen LogP) is -1.33. The Balaban J connectivity index is -0.0000000800. The summed E-state index contributed by atoms with van der Waals surface area (Å²) in [7, 11) is 2.04. The lowest BCUT2D eigenvalue weighted by molar-refractivity contribution is -0.677. The standard InChI is InChI=1S/C6H10N2.4ClH/c1-3-6-7-4-5-8(6)2;;;;/h4-5H,3H2,1-2H3;4*1H. The number of hydrogen-bond donors (Lipinski definition) is 1. The van der Waals surface area contributed by atoms with E-state index in [1.165, 1.54) is 5.82 Å². The number of aromatic nitrogens is 2. The Kier molecular flexibility index (Phi) is 21.6. The Labute approximate surface area is 97.8 Å². The first-order valence-electron chi connectivity index (χ1n) is 2.86. The molecule has 0 aromatic carbocycles. The van der Waals surface area contributed by atoms with E-state index in [-0.39, 0.29) is 49.6 Å². The number of rotatable bonds is 1. The van der Waals surface area contributed by atoms with Gasteiger partial charge in [0.25, 0.3) is 5.82 Å². The summed E-state index contributed by atoms with van der Waals surface area (Å²) in [4.78, 5) is 3.12. The molecule has 1 aromatic rings. The molecule has 0 atom stereocenters. The molecule has 0 amide bonds. The molecule has 0 radical (unpaired) electrons. The lowest BCUT2D eigenvalue weighted by Gasteiger charge is -1.83. The molecule has 0 saturated carbocycles. The maximum atomic E-state index is 3.12. The van der Waals surface area contributed by atoms with Crippen LogP contribution in [0.5, 0.6) is 0 Å². The number of aryl methyl sites for hydroxylation is 2. The zero-order chi connectivity index (χ0) is 5.98. The van der Waals surface area contributed by atoms with Gasteiger partial charge in [-0.2, -0.15) is 0 Å². The van der Waals surface area contributed by atoms with Crippen LogP contribution in [0.3, 0.4) is 0 Å². The molecule has 0 spiro atoms. The summed E-state index contributed by atoms with van der Waals surface area (Å²) in [6, 6.07) is 0. The first kappa shape index (κ1) is 22.8. The van der Waals surface area contributed by atoms with Gasteiger partial charge in [0.1, 0.15) is 12.4 Å². The summed E-state index contributed by atoms with van der Waals surface area (Å²) < 4.78 is 2.08. The van der Waals surface area contributed by atoms with Gasteiger partial charge in [-0.25, -0.2) is 9.55 Å². The van der Waals surface area contributed by atoms with E-state index in [9.17, 15) is 0 Å². The van der Waals surface area contributed by atoms with Gasteiger partial charge in [-0.05, 0) is 0 Å². The van der Waals surface area contributed by atoms with Gasteiger partial charge in [-0.1, -0.05) is 6.92 Å². The molecule has 0 aliphatic heterocycles. The second-order valence-electron chi connectivity index (χ2n) is 1.87. The van der Waals surface area contributed by atoms with E-state index in [2.05, 4.69) is 16.5 Å². The molecule has 2 nitrogen and oxygen atoms in total. The van der Waals surface area contributed by atoms with Gasteiger partial charge in [0, 0.05) is 6.42 Å². The summed E-state index contributed by atoms with van der Waals surface area (Å²) in [6.45, 7) is 2.13. The third kappa shape index (κ3) is 5.95. The van der Waals surface area contributed by atoms with Crippen LogP contribution in [0.1, 0.15) is 12.7 Å². The average molecular weight is 256 g/mol. The number of hydrogen-bond acceptors (Lipinski definition) is 0. The highest BCUT2D eigenvalue weighted by molar-refractivity contribution is 5.86. The SMILES string of the molecule is CCc1[nH]cc[n+]1C.Cl.Cl.Cl.[Cl-]. The maximum absolute atomic E-state index is 3.12. The van der Waals surface area contributed by atoms with Crippen LogP contribution in [0, 0.1) is 0 Å². The van der Waals surface area contributed by atoms with Gasteiger partial charge < -0.3 is 12.4 Å². The molecule has 1 aromatic heterocycles. The smallest absolute Gasteiger partial charge is 0.253 e. The minimum absolute atomic E-state index is 0. The van der Waals surface area contributed by atoms with Crippen molar-refractivity contribution in [1.29, 1.82) is 0 Å². The van der Waals surface area contributed by atoms with Gasteiger partial charge in [0.2, 0.25) is 0 Å². The van der Waals surface area contributed by atoms with Gasteiger partial charge in [-0.3, -0.25) is 0 Å². The Morgan fingerprint density at radius 3 is 2.00 bits per heavy atom. The lowest BCUT2D eigenvalue weighted by Crippen LogP contribution is -3.00. The largest absolute Gasteiger partial charge is 1.00 e. The lowest BCUT2D eigenvalue weighted by atomic mass is 10.5. The van der Waals surface area contributed by atoms with E-state index >= 15 is 0 Å². The number of imidazole rings is 1. The van der Waals surface area contributed by atoms with Crippen molar-refractivity contribution in [1.82, 2.24) is 4.98 Å². The topological polar surface area (TPSA) is 19.7 Å². The molecular weight excluding hydrogens is 242 g/mol. The number of halogens is 4. The quantitative estimate of drug-likeness (QED) is 0.601. The normalized spacial score (nSPS) is 6.50. The molecule has 76 valence electrons. The monoisotopic (exact) mass is 254 g/mol. The Morgan fingerprint density at radius 1 is 1.33 bits per heavy atom. The molecule has 1 heterocycles. The molecule has 1 rings (SSSR count). The third-order valence-electron chi connectivity index (χ3n) is 1.31. The van der Waals surface area contributed by atoms with Crippen molar-refractivity contribution in [2.45, 2.75) is 13.3 Å². The number of nitrogens with one attached hydrogen (secondary N) is 1. The zero-order valence-electron chi connectivity index (χ0n) is 6.91. The summed E-state index contributed by atoms with van der Waals surface area (Å²) in [5.41, 5.74) is 0. The molecular formula is C6H14Cl4N2. The summed E-state index contributed by atoms with van der Waals surface area (Å²) in [5.74, 6) is 1.27. The van der Waals surface area contributed by atoms with Crippen molar-refractivity contribution in [3.8, 4) is 0 Å². The predicted molar refractivity (Wildman–Crippen MR) is 53.1 cm³/mol. The Hall–Kier alpha value is 0.370. The average Bonchev–Trinajstić information content (AvgIpc) is 2.14. The highest BCUT2D eigenvalue weighted by atomic mass is 35.5. The van der Waals surface area contributed by atoms with Crippen molar-refractivity contribution in [2.24, 2.45) is 7.05 Å². The zero-order valence-corrected chi connectivity index (χ0v) is 10.1. The van der Waals surface area contributed by atoms with Crippen molar-refractivity contribution in [3.05, 3.63) is 18.2 Å². The van der Waals surface area contributed by atoms with Gasteiger partial charge in [-0.15, -0.1) is 37.2 Å². The fraction of sp³-hybridized carbons (Fsp3) is 0.500. The fourth-order valence-electron chi connectivity index (χ4n) is 0.789. The minimum atomic E-state index is 0. The Morgan fingerprint density at radius 2 is 1.83 bits per heavy atom. The van der Waals surface area contributed by atoms with Crippen molar-refractivity contribution in [3.63, 3.8) is 0 Å². The first-order valence-corrected chi connectivity index (χ1v) is 2.86. The van der Waals surface area contributed by atoms with Crippen LogP contribution in [0.15, 0.2) is 12.4 Å². The van der Waals surface area contributed by atoms with E-state index in [1.54, 1.807) is 0 Å². The van der Waals surface area contributed by atoms with E-state index in [1.807, 2.05) is 19.4 Å². The maximum Gasteiger partial charge on any atom is 0.253 e. The van der Waals surface area contributed by atoms with Gasteiger partial charge >= 0.3 is 0 Å². The van der Waals surface area contributed by atoms with Crippen LogP contribution < -0.4 is 17.0 Å². The van der Waals surface area contributed by atoms with Gasteiger partial charge in [0.05, 0.1) is 7.05 Å². The highest BCUT2D eigenvalue weighted by Gasteiger charge is 1.99. The van der Waals surface area contributed by atoms with Crippen molar-refractivity contribution in [2.75, 3.05) is 0 Å². The first-order chi connectivity index (χ1) is 3.84. The second-order valence-corrected chi connectivity index (χ2v) is 1.87. The highest BCUT2D eigenvalue weighted by Crippen LogP contribution is 1.82. The van der Waals surface area contributed by atoms with Crippen LogP contribution in [0.4, 0.5) is 0 Å². The molecule has 1 N–H and O–H groups in total. The molecule has 0 fully saturated rings. The van der Waals surface area contributed by atoms with Crippen LogP contribution in [0.25, 0.3) is 0 Å². The molecule has 6 heteroatoms. The number of H-pyrrole nitrogens is 1. The fourth-order valence-corrected chi connectivity index (χ4v) is 0.789. The van der Waals surface area contributed by atoms with E-state index in [0.717, 1.165) is 6.42 Å². The molecule has 0 aliphatic rings.